The summed E-state index contributed by atoms with van der Waals surface area (Å²) in [6, 6.07) is 13.9. The number of nitrogen functional groups attached to an aromatic ring is 1. The largest absolute Gasteiger partial charge is 0.573 e. The molecule has 3 aromatic rings. The zero-order chi connectivity index (χ0) is 23.1. The van der Waals surface area contributed by atoms with Crippen LogP contribution in [0.15, 0.2) is 60.9 Å². The van der Waals surface area contributed by atoms with Gasteiger partial charge >= 0.3 is 12.4 Å². The van der Waals surface area contributed by atoms with E-state index in [-0.39, 0.29) is 11.8 Å². The molecule has 3 rings (SSSR count). The minimum atomic E-state index is -4.77. The standard InChI is InChI=1S/C22H22F3N5O2/c1-2-10-30(21(31)29-17-6-8-18(9-7-17)32-22(23,24)25)13-15-4-3-5-16(11-15)19-12-20(26)28-14-27-19/h3-9,11-12,14H,2,10,13H2,1H3,(H,29,31)(H2,26,27,28). The number of hydrogen-bond donors (Lipinski definition) is 2. The van der Waals surface area contributed by atoms with E-state index in [0.717, 1.165) is 29.7 Å². The van der Waals surface area contributed by atoms with Crippen molar-refractivity contribution in [2.75, 3.05) is 17.6 Å². The number of carbonyl (C=O) groups is 1. The molecule has 0 radical (unpaired) electrons. The Kier molecular flexibility index (Phi) is 7.14. The predicted octanol–water partition coefficient (Wildman–Crippen LogP) is 5.07. The molecule has 32 heavy (non-hydrogen) atoms. The van der Waals surface area contributed by atoms with E-state index in [0.29, 0.717) is 30.3 Å². The fraction of sp³-hybridized carbons (Fsp3) is 0.227. The SMILES string of the molecule is CCCN(Cc1cccc(-c2cc(N)ncn2)c1)C(=O)Nc1ccc(OC(F)(F)F)cc1. The molecule has 0 aliphatic rings. The highest BCUT2D eigenvalue weighted by Crippen LogP contribution is 2.24. The summed E-state index contributed by atoms with van der Waals surface area (Å²) in [5, 5.41) is 2.70. The van der Waals surface area contributed by atoms with Gasteiger partial charge < -0.3 is 20.7 Å². The molecule has 10 heteroatoms. The van der Waals surface area contributed by atoms with Gasteiger partial charge in [-0.25, -0.2) is 14.8 Å². The fourth-order valence-electron chi connectivity index (χ4n) is 3.04. The number of benzene rings is 2. The number of amides is 2. The molecule has 2 amide bonds. The van der Waals surface area contributed by atoms with Gasteiger partial charge in [0, 0.05) is 30.4 Å². The van der Waals surface area contributed by atoms with Crippen molar-refractivity contribution in [1.29, 1.82) is 0 Å². The molecule has 0 aliphatic heterocycles. The van der Waals surface area contributed by atoms with Gasteiger partial charge in [-0.3, -0.25) is 0 Å². The summed E-state index contributed by atoms with van der Waals surface area (Å²) in [7, 11) is 0. The van der Waals surface area contributed by atoms with E-state index in [1.165, 1.54) is 18.5 Å². The summed E-state index contributed by atoms with van der Waals surface area (Å²) in [6.45, 7) is 2.78. The Morgan fingerprint density at radius 3 is 2.53 bits per heavy atom. The summed E-state index contributed by atoms with van der Waals surface area (Å²) in [6.07, 6.45) is -2.65. The lowest BCUT2D eigenvalue weighted by molar-refractivity contribution is -0.274. The molecule has 3 N–H and O–H groups in total. The molecule has 0 bridgehead atoms. The number of nitrogens with one attached hydrogen (secondary N) is 1. The van der Waals surface area contributed by atoms with Crippen LogP contribution in [0.25, 0.3) is 11.3 Å². The van der Waals surface area contributed by atoms with Crippen molar-refractivity contribution in [2.24, 2.45) is 0 Å². The summed E-state index contributed by atoms with van der Waals surface area (Å²) < 4.78 is 40.7. The van der Waals surface area contributed by atoms with Crippen LogP contribution < -0.4 is 15.8 Å². The number of anilines is 2. The van der Waals surface area contributed by atoms with Gasteiger partial charge in [0.15, 0.2) is 0 Å². The first-order chi connectivity index (χ1) is 15.2. The van der Waals surface area contributed by atoms with Crippen molar-refractivity contribution in [1.82, 2.24) is 14.9 Å². The van der Waals surface area contributed by atoms with Crippen LogP contribution in [-0.2, 0) is 6.54 Å². The van der Waals surface area contributed by atoms with Gasteiger partial charge in [0.05, 0.1) is 5.69 Å². The van der Waals surface area contributed by atoms with Crippen molar-refractivity contribution in [3.63, 3.8) is 0 Å². The molecule has 0 atom stereocenters. The molecular formula is C22H22F3N5O2. The van der Waals surface area contributed by atoms with Gasteiger partial charge in [-0.1, -0.05) is 25.1 Å². The first-order valence-electron chi connectivity index (χ1n) is 9.82. The van der Waals surface area contributed by atoms with E-state index in [2.05, 4.69) is 20.0 Å². The van der Waals surface area contributed by atoms with Crippen LogP contribution in [0.2, 0.25) is 0 Å². The van der Waals surface area contributed by atoms with Crippen LogP contribution in [0.4, 0.5) is 29.5 Å². The van der Waals surface area contributed by atoms with Crippen molar-refractivity contribution in [3.05, 3.63) is 66.5 Å². The van der Waals surface area contributed by atoms with Crippen LogP contribution in [-0.4, -0.2) is 33.8 Å². The lowest BCUT2D eigenvalue weighted by Crippen LogP contribution is -2.35. The summed E-state index contributed by atoms with van der Waals surface area (Å²) >= 11 is 0. The lowest BCUT2D eigenvalue weighted by atomic mass is 10.1. The first-order valence-corrected chi connectivity index (χ1v) is 9.82. The second-order valence-corrected chi connectivity index (χ2v) is 6.95. The molecule has 1 heterocycles. The average molecular weight is 445 g/mol. The highest BCUT2D eigenvalue weighted by Gasteiger charge is 2.31. The summed E-state index contributed by atoms with van der Waals surface area (Å²) in [5.74, 6) is 0.00197. The Hall–Kier alpha value is -3.82. The first kappa shape index (κ1) is 22.9. The van der Waals surface area contributed by atoms with Crippen LogP contribution in [0.1, 0.15) is 18.9 Å². The van der Waals surface area contributed by atoms with Crippen molar-refractivity contribution in [2.45, 2.75) is 26.3 Å². The number of rotatable bonds is 7. The summed E-state index contributed by atoms with van der Waals surface area (Å²) in [5.41, 5.74) is 8.49. The van der Waals surface area contributed by atoms with Crippen LogP contribution >= 0.6 is 0 Å². The molecule has 0 saturated heterocycles. The van der Waals surface area contributed by atoms with Gasteiger partial charge in [0.25, 0.3) is 0 Å². The quantitative estimate of drug-likeness (QED) is 0.530. The van der Waals surface area contributed by atoms with Crippen LogP contribution in [0.5, 0.6) is 5.75 Å². The predicted molar refractivity (Wildman–Crippen MR) is 115 cm³/mol. The van der Waals surface area contributed by atoms with Crippen molar-refractivity contribution in [3.8, 4) is 17.0 Å². The minimum Gasteiger partial charge on any atom is -0.406 e. The normalized spacial score (nSPS) is 11.1. The van der Waals surface area contributed by atoms with E-state index in [4.69, 9.17) is 5.73 Å². The zero-order valence-electron chi connectivity index (χ0n) is 17.3. The second kappa shape index (κ2) is 9.99. The molecular weight excluding hydrogens is 423 g/mol. The van der Waals surface area contributed by atoms with E-state index in [1.54, 1.807) is 11.0 Å². The zero-order valence-corrected chi connectivity index (χ0v) is 17.3. The van der Waals surface area contributed by atoms with Crippen LogP contribution in [0.3, 0.4) is 0 Å². The molecule has 0 fully saturated rings. The minimum absolute atomic E-state index is 0.337. The molecule has 168 valence electrons. The van der Waals surface area contributed by atoms with E-state index < -0.39 is 6.36 Å². The van der Waals surface area contributed by atoms with Gasteiger partial charge in [-0.15, -0.1) is 13.2 Å². The van der Waals surface area contributed by atoms with E-state index >= 15 is 0 Å². The number of alkyl halides is 3. The van der Waals surface area contributed by atoms with Gasteiger partial charge in [0.2, 0.25) is 0 Å². The Morgan fingerprint density at radius 2 is 1.88 bits per heavy atom. The number of nitrogens with zero attached hydrogens (tertiary/aromatic N) is 3. The molecule has 7 nitrogen and oxygen atoms in total. The topological polar surface area (TPSA) is 93.4 Å². The fourth-order valence-corrected chi connectivity index (χ4v) is 3.04. The molecule has 0 spiro atoms. The Labute approximate surface area is 183 Å². The smallest absolute Gasteiger partial charge is 0.406 e. The van der Waals surface area contributed by atoms with Gasteiger partial charge in [-0.05, 0) is 42.3 Å². The van der Waals surface area contributed by atoms with E-state index in [1.807, 2.05) is 31.2 Å². The Morgan fingerprint density at radius 1 is 1.12 bits per heavy atom. The maximum atomic E-state index is 12.8. The number of carbonyl (C=O) groups excluding carboxylic acids is 1. The summed E-state index contributed by atoms with van der Waals surface area (Å²) in [4.78, 5) is 22.5. The average Bonchev–Trinajstić information content (AvgIpc) is 2.74. The molecule has 0 unspecified atom stereocenters. The monoisotopic (exact) mass is 445 g/mol. The van der Waals surface area contributed by atoms with Gasteiger partial charge in [0.1, 0.15) is 17.9 Å². The number of halogens is 3. The number of hydrogen-bond acceptors (Lipinski definition) is 5. The molecule has 0 aliphatic carbocycles. The number of nitrogens with two attached hydrogens (primary N) is 1. The number of urea groups is 1. The Bertz CT molecular complexity index is 1060. The van der Waals surface area contributed by atoms with Crippen molar-refractivity contribution >= 4 is 17.5 Å². The molecule has 2 aromatic carbocycles. The third-order valence-electron chi connectivity index (χ3n) is 4.40. The Balaban J connectivity index is 1.70. The number of aromatic nitrogens is 2. The molecule has 0 saturated carbocycles. The third-order valence-corrected chi connectivity index (χ3v) is 4.40. The van der Waals surface area contributed by atoms with Gasteiger partial charge in [-0.2, -0.15) is 0 Å². The third kappa shape index (κ3) is 6.59. The number of ether oxygens (including phenoxy) is 1. The maximum absolute atomic E-state index is 12.8. The lowest BCUT2D eigenvalue weighted by Gasteiger charge is -2.23. The van der Waals surface area contributed by atoms with E-state index in [9.17, 15) is 18.0 Å². The highest BCUT2D eigenvalue weighted by molar-refractivity contribution is 5.89. The molecule has 1 aromatic heterocycles. The maximum Gasteiger partial charge on any atom is 0.573 e. The highest BCUT2D eigenvalue weighted by atomic mass is 19.4. The second-order valence-electron chi connectivity index (χ2n) is 6.95. The van der Waals surface area contributed by atoms with Crippen LogP contribution in [0, 0.1) is 0 Å². The van der Waals surface area contributed by atoms with Crippen molar-refractivity contribution < 1.29 is 22.7 Å².